The zero-order valence-electron chi connectivity index (χ0n) is 25.8. The Hall–Kier alpha value is -1.33. The predicted octanol–water partition coefficient (Wildman–Crippen LogP) is 9.48. The second-order valence-corrected chi connectivity index (χ2v) is 17.0. The lowest BCUT2D eigenvalue weighted by atomic mass is 9.31. The van der Waals surface area contributed by atoms with Gasteiger partial charge in [0.25, 0.3) is 0 Å². The summed E-state index contributed by atoms with van der Waals surface area (Å²) >= 11 is 0. The largest absolute Gasteiger partial charge is 0.389 e. The first-order valence-corrected chi connectivity index (χ1v) is 15.9. The number of hydrogen-bond donors (Lipinski definition) is 0. The molecule has 0 spiro atoms. The van der Waals surface area contributed by atoms with Crippen LogP contribution in [0, 0.1) is 50.7 Å². The van der Waals surface area contributed by atoms with Crippen molar-refractivity contribution in [3.63, 3.8) is 0 Å². The van der Waals surface area contributed by atoms with Crippen LogP contribution in [0.2, 0.25) is 0 Å². The van der Waals surface area contributed by atoms with Gasteiger partial charge in [-0.25, -0.2) is 0 Å². The molecule has 1 aromatic heterocycles. The van der Waals surface area contributed by atoms with Crippen LogP contribution in [-0.2, 0) is 16.6 Å². The van der Waals surface area contributed by atoms with Gasteiger partial charge in [0, 0.05) is 29.7 Å². The average molecular weight is 562 g/mol. The molecule has 40 heavy (non-hydrogen) atoms. The lowest BCUT2D eigenvalue weighted by Crippen LogP contribution is -2.69. The van der Waals surface area contributed by atoms with Crippen molar-refractivity contribution in [3.8, 4) is 0 Å². The molecule has 8 atom stereocenters. The van der Waals surface area contributed by atoms with Crippen LogP contribution in [0.4, 0.5) is 13.2 Å². The third kappa shape index (κ3) is 3.88. The van der Waals surface area contributed by atoms with Gasteiger partial charge in [0.05, 0.1) is 6.20 Å². The second-order valence-electron chi connectivity index (χ2n) is 17.0. The summed E-state index contributed by atoms with van der Waals surface area (Å²) in [5.41, 5.74) is 0.924. The number of carbonyl (C=O) groups excluding carboxylic acids is 1. The van der Waals surface area contributed by atoms with E-state index in [4.69, 9.17) is 4.52 Å². The Kier molecular flexibility index (Phi) is 6.20. The zero-order chi connectivity index (χ0) is 29.1. The van der Waals surface area contributed by atoms with Crippen molar-refractivity contribution < 1.29 is 22.5 Å². The minimum atomic E-state index is -4.11. The molecule has 4 saturated carbocycles. The van der Waals surface area contributed by atoms with E-state index >= 15 is 0 Å². The van der Waals surface area contributed by atoms with E-state index < -0.39 is 12.6 Å². The van der Waals surface area contributed by atoms with Crippen LogP contribution in [0.3, 0.4) is 0 Å². The first-order chi connectivity index (χ1) is 18.4. The lowest BCUT2D eigenvalue weighted by molar-refractivity contribution is -0.230. The summed E-state index contributed by atoms with van der Waals surface area (Å²) in [6, 6.07) is 0. The number of fused-ring (bicyclic) bond motifs is 8. The Morgan fingerprint density at radius 2 is 1.65 bits per heavy atom. The minimum Gasteiger partial charge on any atom is -0.361 e. The Balaban J connectivity index is 1.38. The molecule has 0 saturated heterocycles. The molecule has 3 nitrogen and oxygen atoms in total. The third-order valence-corrected chi connectivity index (χ3v) is 14.3. The van der Waals surface area contributed by atoms with Crippen LogP contribution in [0.25, 0.3) is 0 Å². The van der Waals surface area contributed by atoms with Crippen molar-refractivity contribution >= 4 is 5.78 Å². The summed E-state index contributed by atoms with van der Waals surface area (Å²) in [6.45, 7) is 16.6. The monoisotopic (exact) mass is 561 g/mol. The normalized spacial score (nSPS) is 45.5. The number of aromatic nitrogens is 1. The first kappa shape index (κ1) is 28.8. The Bertz CT molecular complexity index is 1180. The summed E-state index contributed by atoms with van der Waals surface area (Å²) in [4.78, 5) is 14.6. The van der Waals surface area contributed by atoms with Crippen LogP contribution in [0.5, 0.6) is 0 Å². The molecular weight excluding hydrogens is 511 g/mol. The maximum atomic E-state index is 14.6. The number of halogens is 3. The van der Waals surface area contributed by atoms with Gasteiger partial charge in [-0.2, -0.15) is 13.2 Å². The number of ketones is 1. The van der Waals surface area contributed by atoms with Crippen LogP contribution >= 0.6 is 0 Å². The van der Waals surface area contributed by atoms with Crippen molar-refractivity contribution in [2.45, 2.75) is 137 Å². The molecule has 6 heteroatoms. The van der Waals surface area contributed by atoms with Crippen LogP contribution in [0.15, 0.2) is 10.7 Å². The molecule has 0 unspecified atom stereocenters. The van der Waals surface area contributed by atoms with Crippen molar-refractivity contribution in [2.24, 2.45) is 50.7 Å². The van der Waals surface area contributed by atoms with Crippen molar-refractivity contribution in [1.29, 1.82) is 0 Å². The van der Waals surface area contributed by atoms with Gasteiger partial charge in [0.15, 0.2) is 0 Å². The third-order valence-electron chi connectivity index (χ3n) is 14.3. The Morgan fingerprint density at radius 1 is 0.950 bits per heavy atom. The molecule has 6 rings (SSSR count). The van der Waals surface area contributed by atoms with E-state index in [1.54, 1.807) is 0 Å². The smallest absolute Gasteiger partial charge is 0.361 e. The fraction of sp³-hybridized carbons (Fsp3) is 0.882. The standard InChI is InChI=1S/C34H50F3NO2/c1-28(2)13-15-33(10-8-11-34(35,36)37)16-14-32(7)26(22(33)19-28)23(39)17-25-30(5)18-21-20-38-40-27(21)29(3,4)24(30)9-12-31(25,32)6/h20,22,24-26H,8-19H2,1-7H3/t22-,24-,25+,26-,30-,31+,32+,33+/m0/s1. The Morgan fingerprint density at radius 3 is 2.35 bits per heavy atom. The van der Waals surface area contributed by atoms with Gasteiger partial charge in [-0.15, -0.1) is 0 Å². The van der Waals surface area contributed by atoms with Gasteiger partial charge in [-0.05, 0) is 109 Å². The van der Waals surface area contributed by atoms with Crippen LogP contribution in [0.1, 0.15) is 130 Å². The molecule has 0 aromatic carbocycles. The molecule has 5 aliphatic carbocycles. The summed E-state index contributed by atoms with van der Waals surface area (Å²) in [5, 5.41) is 4.20. The molecule has 224 valence electrons. The fourth-order valence-electron chi connectivity index (χ4n) is 12.2. The number of Topliss-reactive ketones (excluding diaryl/α,β-unsaturated/α-hetero) is 1. The molecule has 0 amide bonds. The van der Waals surface area contributed by atoms with Gasteiger partial charge < -0.3 is 4.52 Å². The molecule has 4 fully saturated rings. The van der Waals surface area contributed by atoms with Crippen LogP contribution in [-0.4, -0.2) is 17.1 Å². The highest BCUT2D eigenvalue weighted by Gasteiger charge is 2.72. The van der Waals surface area contributed by atoms with E-state index in [2.05, 4.69) is 53.6 Å². The van der Waals surface area contributed by atoms with Crippen LogP contribution < -0.4 is 0 Å². The average Bonchev–Trinajstić information content (AvgIpc) is 3.29. The van der Waals surface area contributed by atoms with E-state index in [0.29, 0.717) is 24.5 Å². The van der Waals surface area contributed by atoms with E-state index in [9.17, 15) is 18.0 Å². The van der Waals surface area contributed by atoms with E-state index in [0.717, 1.165) is 57.1 Å². The fourth-order valence-corrected chi connectivity index (χ4v) is 12.2. The zero-order valence-corrected chi connectivity index (χ0v) is 25.8. The molecular formula is C34H50F3NO2. The first-order valence-electron chi connectivity index (χ1n) is 15.9. The summed E-state index contributed by atoms with van der Waals surface area (Å²) in [6.07, 6.45) is 6.50. The molecule has 0 aliphatic heterocycles. The highest BCUT2D eigenvalue weighted by molar-refractivity contribution is 5.84. The van der Waals surface area contributed by atoms with Gasteiger partial charge in [0.1, 0.15) is 11.5 Å². The lowest BCUT2D eigenvalue weighted by Gasteiger charge is -2.72. The number of hydrogen-bond acceptors (Lipinski definition) is 3. The van der Waals surface area contributed by atoms with E-state index in [1.165, 1.54) is 5.56 Å². The Labute approximate surface area is 238 Å². The van der Waals surface area contributed by atoms with Gasteiger partial charge in [-0.3, -0.25) is 4.79 Å². The predicted molar refractivity (Wildman–Crippen MR) is 150 cm³/mol. The number of nitrogens with zero attached hydrogens (tertiary/aromatic N) is 1. The van der Waals surface area contributed by atoms with Crippen molar-refractivity contribution in [3.05, 3.63) is 17.5 Å². The number of carbonyl (C=O) groups is 1. The summed E-state index contributed by atoms with van der Waals surface area (Å²) < 4.78 is 45.5. The number of rotatable bonds is 3. The molecule has 0 radical (unpaired) electrons. The summed E-state index contributed by atoms with van der Waals surface area (Å²) in [7, 11) is 0. The van der Waals surface area contributed by atoms with Crippen molar-refractivity contribution in [2.75, 3.05) is 0 Å². The topological polar surface area (TPSA) is 43.1 Å². The van der Waals surface area contributed by atoms with E-state index in [1.807, 2.05) is 6.20 Å². The molecule has 1 heterocycles. The van der Waals surface area contributed by atoms with E-state index in [-0.39, 0.29) is 56.7 Å². The van der Waals surface area contributed by atoms with Gasteiger partial charge >= 0.3 is 6.18 Å². The molecule has 0 bridgehead atoms. The maximum absolute atomic E-state index is 14.6. The van der Waals surface area contributed by atoms with Crippen molar-refractivity contribution in [1.82, 2.24) is 5.16 Å². The second kappa shape index (κ2) is 8.62. The highest BCUT2D eigenvalue weighted by atomic mass is 19.4. The highest BCUT2D eigenvalue weighted by Crippen LogP contribution is 2.76. The minimum absolute atomic E-state index is 0.0152. The molecule has 1 aromatic rings. The summed E-state index contributed by atoms with van der Waals surface area (Å²) in [5.74, 6) is 2.27. The number of alkyl halides is 3. The quantitative estimate of drug-likeness (QED) is 0.369. The van der Waals surface area contributed by atoms with Gasteiger partial charge in [0.2, 0.25) is 0 Å². The SMILES string of the molecule is CC1(C)CC[C@]2(CCCC(F)(F)F)CC[C@]3(C)[C@H](C(=O)C[C@@H]4[C@@]5(C)Cc6cnoc6C(C)(C)[C@@H]5CC[C@]43C)[C@@H]2C1. The maximum Gasteiger partial charge on any atom is 0.389 e. The van der Waals surface area contributed by atoms with Gasteiger partial charge in [-0.1, -0.05) is 53.6 Å². The molecule has 5 aliphatic rings. The molecule has 0 N–H and O–H groups in total.